The van der Waals surface area contributed by atoms with Gasteiger partial charge in [0.05, 0.1) is 17.0 Å². The third-order valence-corrected chi connectivity index (χ3v) is 2.84. The number of aromatic nitrogens is 2. The molecule has 0 atom stereocenters. The number of aromatic hydroxyl groups is 1. The van der Waals surface area contributed by atoms with E-state index >= 15 is 0 Å². The Balaban J connectivity index is 2.74. The Morgan fingerprint density at radius 1 is 1.25 bits per heavy atom. The second kappa shape index (κ2) is 5.24. The molecule has 0 saturated carbocycles. The summed E-state index contributed by atoms with van der Waals surface area (Å²) in [5, 5.41) is 9.62. The van der Waals surface area contributed by atoms with Gasteiger partial charge in [-0.2, -0.15) is 9.97 Å². The topological polar surface area (TPSA) is 89.1 Å². The smallest absolute Gasteiger partial charge is 0.314 e. The monoisotopic (exact) mass is 275 g/mol. The molecule has 0 fully saturated rings. The molecule has 2 rings (SSSR count). The van der Waals surface area contributed by atoms with Crippen molar-refractivity contribution < 1.29 is 14.3 Å². The van der Waals surface area contributed by atoms with Gasteiger partial charge >= 0.3 is 6.01 Å². The molecule has 0 unspecified atom stereocenters. The van der Waals surface area contributed by atoms with Gasteiger partial charge in [0.1, 0.15) is 5.82 Å². The van der Waals surface area contributed by atoms with E-state index in [9.17, 15) is 14.3 Å². The molecule has 1 aromatic carbocycles. The number of halogens is 1. The molecule has 0 spiro atoms. The lowest BCUT2D eigenvalue weighted by atomic mass is 9.98. The van der Waals surface area contributed by atoms with Crippen molar-refractivity contribution in [3.8, 4) is 17.3 Å². The number of rotatable bonds is 3. The standard InChI is InChI=1S/C14H14FN3O2/c1-7(2)11-10(13(16)19)12(18-14(20)17-11)8-3-5-9(15)6-4-8/h3-7H,1-2H3,(H2,16,19)(H,17,18,20). The number of benzene rings is 1. The largest absolute Gasteiger partial charge is 0.479 e. The maximum Gasteiger partial charge on any atom is 0.314 e. The summed E-state index contributed by atoms with van der Waals surface area (Å²) in [5.41, 5.74) is 6.59. The SMILES string of the molecule is CC(C)c1nc(O)nc(-c2ccc(F)cc2)c1C(N)=O. The molecule has 0 aliphatic carbocycles. The van der Waals surface area contributed by atoms with Crippen LogP contribution in [0.15, 0.2) is 24.3 Å². The summed E-state index contributed by atoms with van der Waals surface area (Å²) < 4.78 is 13.0. The highest BCUT2D eigenvalue weighted by Gasteiger charge is 2.21. The molecule has 5 nitrogen and oxygen atoms in total. The zero-order valence-corrected chi connectivity index (χ0v) is 11.1. The quantitative estimate of drug-likeness (QED) is 0.898. The first-order chi connectivity index (χ1) is 9.40. The maximum absolute atomic E-state index is 13.0. The van der Waals surface area contributed by atoms with E-state index in [4.69, 9.17) is 5.73 Å². The van der Waals surface area contributed by atoms with Crippen LogP contribution in [0.25, 0.3) is 11.3 Å². The lowest BCUT2D eigenvalue weighted by Gasteiger charge is -2.13. The van der Waals surface area contributed by atoms with Crippen LogP contribution in [-0.2, 0) is 0 Å². The Hall–Kier alpha value is -2.50. The number of carbonyl (C=O) groups is 1. The van der Waals surface area contributed by atoms with Gasteiger partial charge in [-0.25, -0.2) is 4.39 Å². The number of amides is 1. The molecule has 1 heterocycles. The Kier molecular flexibility index (Phi) is 3.65. The van der Waals surface area contributed by atoms with Crippen LogP contribution in [0.4, 0.5) is 4.39 Å². The molecule has 6 heteroatoms. The van der Waals surface area contributed by atoms with Gasteiger partial charge < -0.3 is 10.8 Å². The van der Waals surface area contributed by atoms with Crippen LogP contribution in [-0.4, -0.2) is 21.0 Å². The highest BCUT2D eigenvalue weighted by atomic mass is 19.1. The Morgan fingerprint density at radius 3 is 2.35 bits per heavy atom. The second-order valence-electron chi connectivity index (χ2n) is 4.66. The Labute approximate surface area is 115 Å². The third kappa shape index (κ3) is 2.59. The zero-order valence-electron chi connectivity index (χ0n) is 11.1. The first-order valence-corrected chi connectivity index (χ1v) is 6.06. The fourth-order valence-corrected chi connectivity index (χ4v) is 1.94. The molecule has 1 aromatic heterocycles. The van der Waals surface area contributed by atoms with Crippen molar-refractivity contribution >= 4 is 5.91 Å². The molecule has 0 bridgehead atoms. The third-order valence-electron chi connectivity index (χ3n) is 2.84. The van der Waals surface area contributed by atoms with E-state index in [1.54, 1.807) is 0 Å². The van der Waals surface area contributed by atoms with Gasteiger partial charge in [0.2, 0.25) is 0 Å². The van der Waals surface area contributed by atoms with Crippen molar-refractivity contribution in [1.82, 2.24) is 9.97 Å². The predicted molar refractivity (Wildman–Crippen MR) is 71.7 cm³/mol. The van der Waals surface area contributed by atoms with Crippen LogP contribution in [0.3, 0.4) is 0 Å². The van der Waals surface area contributed by atoms with Crippen LogP contribution >= 0.6 is 0 Å². The average molecular weight is 275 g/mol. The zero-order chi connectivity index (χ0) is 14.9. The van der Waals surface area contributed by atoms with E-state index in [2.05, 4.69) is 9.97 Å². The minimum Gasteiger partial charge on any atom is -0.479 e. The molecule has 2 aromatic rings. The normalized spacial score (nSPS) is 10.8. The summed E-state index contributed by atoms with van der Waals surface area (Å²) in [6.07, 6.45) is 0. The Morgan fingerprint density at radius 2 is 1.85 bits per heavy atom. The van der Waals surface area contributed by atoms with Crippen LogP contribution in [0, 0.1) is 5.82 Å². The van der Waals surface area contributed by atoms with Crippen LogP contribution < -0.4 is 5.73 Å². The minimum absolute atomic E-state index is 0.120. The maximum atomic E-state index is 13.0. The lowest BCUT2D eigenvalue weighted by Crippen LogP contribution is -2.18. The molecule has 20 heavy (non-hydrogen) atoms. The van der Waals surface area contributed by atoms with Gasteiger partial charge in [-0.3, -0.25) is 4.79 Å². The number of primary amides is 1. The van der Waals surface area contributed by atoms with E-state index in [1.165, 1.54) is 24.3 Å². The van der Waals surface area contributed by atoms with Crippen molar-refractivity contribution in [1.29, 1.82) is 0 Å². The first-order valence-electron chi connectivity index (χ1n) is 6.06. The van der Waals surface area contributed by atoms with Crippen LogP contribution in [0.2, 0.25) is 0 Å². The summed E-state index contributed by atoms with van der Waals surface area (Å²) >= 11 is 0. The average Bonchev–Trinajstić information content (AvgIpc) is 2.38. The van der Waals surface area contributed by atoms with Crippen LogP contribution in [0.1, 0.15) is 35.8 Å². The fourth-order valence-electron chi connectivity index (χ4n) is 1.94. The van der Waals surface area contributed by atoms with Crippen molar-refractivity contribution in [2.24, 2.45) is 5.73 Å². The van der Waals surface area contributed by atoms with Crippen molar-refractivity contribution in [3.05, 3.63) is 41.3 Å². The van der Waals surface area contributed by atoms with Crippen molar-refractivity contribution in [2.45, 2.75) is 19.8 Å². The second-order valence-corrected chi connectivity index (χ2v) is 4.66. The van der Waals surface area contributed by atoms with Gasteiger partial charge in [0.15, 0.2) is 0 Å². The summed E-state index contributed by atoms with van der Waals surface area (Å²) in [6.45, 7) is 3.64. The summed E-state index contributed by atoms with van der Waals surface area (Å²) in [4.78, 5) is 19.4. The van der Waals surface area contributed by atoms with Gasteiger partial charge in [0, 0.05) is 5.56 Å². The number of carbonyl (C=O) groups excluding carboxylic acids is 1. The molecule has 3 N–H and O–H groups in total. The summed E-state index contributed by atoms with van der Waals surface area (Å²) in [6, 6.07) is 4.97. The molecule has 104 valence electrons. The number of hydrogen-bond donors (Lipinski definition) is 2. The van der Waals surface area contributed by atoms with E-state index in [1.807, 2.05) is 13.8 Å². The Bertz CT molecular complexity index is 654. The molecule has 0 aliphatic rings. The van der Waals surface area contributed by atoms with Crippen molar-refractivity contribution in [2.75, 3.05) is 0 Å². The number of nitrogens with zero attached hydrogens (tertiary/aromatic N) is 2. The summed E-state index contributed by atoms with van der Waals surface area (Å²) in [5.74, 6) is -1.21. The predicted octanol–water partition coefficient (Wildman–Crippen LogP) is 2.21. The molecular weight excluding hydrogens is 261 g/mol. The van der Waals surface area contributed by atoms with E-state index in [0.29, 0.717) is 11.3 Å². The van der Waals surface area contributed by atoms with E-state index in [-0.39, 0.29) is 17.2 Å². The molecule has 0 aliphatic heterocycles. The van der Waals surface area contributed by atoms with Crippen LogP contribution in [0.5, 0.6) is 6.01 Å². The molecule has 0 radical (unpaired) electrons. The number of nitrogens with two attached hydrogens (primary N) is 1. The lowest BCUT2D eigenvalue weighted by molar-refractivity contribution is 0.0999. The van der Waals surface area contributed by atoms with Gasteiger partial charge in [-0.05, 0) is 30.2 Å². The fraction of sp³-hybridized carbons (Fsp3) is 0.214. The molecule has 1 amide bonds. The van der Waals surface area contributed by atoms with E-state index < -0.39 is 17.7 Å². The number of hydrogen-bond acceptors (Lipinski definition) is 4. The van der Waals surface area contributed by atoms with Gasteiger partial charge in [-0.1, -0.05) is 13.8 Å². The minimum atomic E-state index is -0.687. The van der Waals surface area contributed by atoms with Gasteiger partial charge in [0.25, 0.3) is 5.91 Å². The summed E-state index contributed by atoms with van der Waals surface area (Å²) in [7, 11) is 0. The van der Waals surface area contributed by atoms with E-state index in [0.717, 1.165) is 0 Å². The van der Waals surface area contributed by atoms with Gasteiger partial charge in [-0.15, -0.1) is 0 Å². The highest BCUT2D eigenvalue weighted by Crippen LogP contribution is 2.29. The molecular formula is C14H14FN3O2. The molecule has 0 saturated heterocycles. The first kappa shape index (κ1) is 13.9. The highest BCUT2D eigenvalue weighted by molar-refractivity contribution is 6.00. The van der Waals surface area contributed by atoms with Crippen molar-refractivity contribution in [3.63, 3.8) is 0 Å².